The maximum absolute atomic E-state index is 6.01. The van der Waals surface area contributed by atoms with Gasteiger partial charge in [0.2, 0.25) is 0 Å². The third-order valence-corrected chi connectivity index (χ3v) is 4.11. The summed E-state index contributed by atoms with van der Waals surface area (Å²) in [5.41, 5.74) is 4.40. The number of aromatic nitrogens is 1. The lowest BCUT2D eigenvalue weighted by Crippen LogP contribution is -2.11. The van der Waals surface area contributed by atoms with Gasteiger partial charge in [0.1, 0.15) is 11.5 Å². The third kappa shape index (κ3) is 3.77. The first-order valence-electron chi connectivity index (χ1n) is 8.21. The minimum atomic E-state index is 0. The van der Waals surface area contributed by atoms with E-state index in [-0.39, 0.29) is 7.43 Å². The Labute approximate surface area is 148 Å². The van der Waals surface area contributed by atoms with Crippen molar-refractivity contribution < 1.29 is 4.42 Å². The molecular formula is C22H22N2O. The summed E-state index contributed by atoms with van der Waals surface area (Å²) in [7, 11) is 0. The maximum Gasteiger partial charge on any atom is 0.134 e. The smallest absolute Gasteiger partial charge is 0.134 e. The van der Waals surface area contributed by atoms with Crippen LogP contribution >= 0.6 is 0 Å². The van der Waals surface area contributed by atoms with E-state index < -0.39 is 0 Å². The van der Waals surface area contributed by atoms with Gasteiger partial charge in [0.25, 0.3) is 0 Å². The highest BCUT2D eigenvalue weighted by atomic mass is 16.3. The molecule has 4 rings (SSSR count). The molecule has 0 unspecified atom stereocenters. The van der Waals surface area contributed by atoms with Crippen LogP contribution in [0.15, 0.2) is 82.0 Å². The van der Waals surface area contributed by atoms with E-state index in [1.54, 1.807) is 6.20 Å². The zero-order chi connectivity index (χ0) is 16.2. The van der Waals surface area contributed by atoms with Crippen LogP contribution in [0.5, 0.6) is 0 Å². The molecule has 0 aliphatic carbocycles. The minimum absolute atomic E-state index is 0. The van der Waals surface area contributed by atoms with Crippen molar-refractivity contribution in [2.45, 2.75) is 20.3 Å². The predicted octanol–water partition coefficient (Wildman–Crippen LogP) is 5.64. The van der Waals surface area contributed by atoms with Crippen LogP contribution in [0.25, 0.3) is 17.4 Å². The molecule has 3 heterocycles. The Balaban J connectivity index is 0.00000182. The molecule has 1 aliphatic rings. The standard InChI is InChI=1S/C21H18N2O.CH4/c1-2-6-16(7-3-1)20-11-10-19(24-20)14-17-8-5-13-23-21(17)18-9-4-12-22-15-18;/h1-4,6-7,9-12,14-15H,5,8,13H2;1H4/b17-14+;. The summed E-state index contributed by atoms with van der Waals surface area (Å²) in [6, 6.07) is 18.2. The van der Waals surface area contributed by atoms with Crippen LogP contribution < -0.4 is 0 Å². The molecule has 0 radical (unpaired) electrons. The van der Waals surface area contributed by atoms with Crippen molar-refractivity contribution in [2.24, 2.45) is 4.99 Å². The van der Waals surface area contributed by atoms with Crippen molar-refractivity contribution in [3.63, 3.8) is 0 Å². The SMILES string of the molecule is C.C(=C1/CCCN=C1c1cccnc1)/c1ccc(-c2ccccc2)o1. The second kappa shape index (κ2) is 7.75. The van der Waals surface area contributed by atoms with Crippen molar-refractivity contribution in [3.05, 3.63) is 83.9 Å². The van der Waals surface area contributed by atoms with Crippen molar-refractivity contribution >= 4 is 11.8 Å². The van der Waals surface area contributed by atoms with Crippen LogP contribution in [0, 0.1) is 0 Å². The average Bonchev–Trinajstić information content (AvgIpc) is 3.12. The largest absolute Gasteiger partial charge is 0.457 e. The molecule has 0 bridgehead atoms. The highest BCUT2D eigenvalue weighted by molar-refractivity contribution is 6.15. The second-order valence-electron chi connectivity index (χ2n) is 5.81. The number of furan rings is 1. The van der Waals surface area contributed by atoms with E-state index in [0.29, 0.717) is 0 Å². The molecule has 0 fully saturated rings. The molecular weight excluding hydrogens is 308 g/mol. The van der Waals surface area contributed by atoms with E-state index in [0.717, 1.165) is 47.7 Å². The molecule has 1 aliphatic heterocycles. The zero-order valence-electron chi connectivity index (χ0n) is 13.4. The molecule has 3 heteroatoms. The molecule has 25 heavy (non-hydrogen) atoms. The first kappa shape index (κ1) is 16.9. The number of allylic oxidation sites excluding steroid dienone is 1. The Morgan fingerprint density at radius 2 is 1.76 bits per heavy atom. The summed E-state index contributed by atoms with van der Waals surface area (Å²) in [5.74, 6) is 1.75. The van der Waals surface area contributed by atoms with Gasteiger partial charge in [0.15, 0.2) is 0 Å². The average molecular weight is 330 g/mol. The Bertz CT molecular complexity index is 877. The summed E-state index contributed by atoms with van der Waals surface area (Å²) in [6.45, 7) is 0.870. The fourth-order valence-electron chi connectivity index (χ4n) is 2.96. The van der Waals surface area contributed by atoms with E-state index >= 15 is 0 Å². The van der Waals surface area contributed by atoms with Gasteiger partial charge in [-0.25, -0.2) is 0 Å². The fraction of sp³-hybridized carbons (Fsp3) is 0.182. The number of hydrogen-bond donors (Lipinski definition) is 0. The van der Waals surface area contributed by atoms with Gasteiger partial charge in [-0.15, -0.1) is 0 Å². The van der Waals surface area contributed by atoms with E-state index in [1.807, 2.05) is 42.6 Å². The number of hydrogen-bond acceptors (Lipinski definition) is 3. The summed E-state index contributed by atoms with van der Waals surface area (Å²) in [6.07, 6.45) is 7.85. The minimum Gasteiger partial charge on any atom is -0.457 e. The number of rotatable bonds is 3. The highest BCUT2D eigenvalue weighted by Gasteiger charge is 2.15. The van der Waals surface area contributed by atoms with Crippen molar-refractivity contribution in [2.75, 3.05) is 6.54 Å². The summed E-state index contributed by atoms with van der Waals surface area (Å²) >= 11 is 0. The van der Waals surface area contributed by atoms with E-state index in [1.165, 1.54) is 5.57 Å². The van der Waals surface area contributed by atoms with Crippen LogP contribution in [0.1, 0.15) is 31.6 Å². The van der Waals surface area contributed by atoms with Crippen molar-refractivity contribution in [3.8, 4) is 11.3 Å². The van der Waals surface area contributed by atoms with Crippen molar-refractivity contribution in [1.29, 1.82) is 0 Å². The zero-order valence-corrected chi connectivity index (χ0v) is 13.4. The number of aliphatic imine (C=N–C) groups is 1. The van der Waals surface area contributed by atoms with Gasteiger partial charge < -0.3 is 4.42 Å². The van der Waals surface area contributed by atoms with E-state index in [9.17, 15) is 0 Å². The van der Waals surface area contributed by atoms with Crippen LogP contribution in [0.3, 0.4) is 0 Å². The highest BCUT2D eigenvalue weighted by Crippen LogP contribution is 2.26. The number of benzene rings is 1. The fourth-order valence-corrected chi connectivity index (χ4v) is 2.96. The Morgan fingerprint density at radius 3 is 2.56 bits per heavy atom. The van der Waals surface area contributed by atoms with Crippen LogP contribution in [-0.2, 0) is 0 Å². The van der Waals surface area contributed by atoms with Crippen molar-refractivity contribution in [1.82, 2.24) is 4.98 Å². The van der Waals surface area contributed by atoms with Gasteiger partial charge in [-0.3, -0.25) is 9.98 Å². The molecule has 0 spiro atoms. The quantitative estimate of drug-likeness (QED) is 0.623. The summed E-state index contributed by atoms with van der Waals surface area (Å²) in [5, 5.41) is 0. The topological polar surface area (TPSA) is 38.4 Å². The van der Waals surface area contributed by atoms with Crippen LogP contribution in [-0.4, -0.2) is 17.2 Å². The lowest BCUT2D eigenvalue weighted by molar-refractivity contribution is 0.571. The first-order chi connectivity index (χ1) is 11.9. The monoisotopic (exact) mass is 330 g/mol. The molecule has 0 atom stereocenters. The van der Waals surface area contributed by atoms with Gasteiger partial charge in [0.05, 0.1) is 5.71 Å². The van der Waals surface area contributed by atoms with E-state index in [2.05, 4.69) is 29.3 Å². The summed E-state index contributed by atoms with van der Waals surface area (Å²) < 4.78 is 6.01. The van der Waals surface area contributed by atoms with Gasteiger partial charge in [0, 0.05) is 30.1 Å². The normalized spacial score (nSPS) is 15.5. The van der Waals surface area contributed by atoms with Gasteiger partial charge in [-0.1, -0.05) is 37.8 Å². The molecule has 126 valence electrons. The van der Waals surface area contributed by atoms with Crippen LogP contribution in [0.2, 0.25) is 0 Å². The Hall–Kier alpha value is -2.94. The van der Waals surface area contributed by atoms with Gasteiger partial charge in [-0.05, 0) is 48.8 Å². The Kier molecular flexibility index (Phi) is 5.24. The molecule has 0 amide bonds. The van der Waals surface area contributed by atoms with Gasteiger partial charge in [-0.2, -0.15) is 0 Å². The molecule has 2 aromatic heterocycles. The molecule has 0 N–H and O–H groups in total. The molecule has 0 saturated carbocycles. The van der Waals surface area contributed by atoms with Gasteiger partial charge >= 0.3 is 0 Å². The molecule has 0 saturated heterocycles. The predicted molar refractivity (Wildman–Crippen MR) is 104 cm³/mol. The van der Waals surface area contributed by atoms with Crippen LogP contribution in [0.4, 0.5) is 0 Å². The molecule has 1 aromatic carbocycles. The molecule has 3 nitrogen and oxygen atoms in total. The second-order valence-corrected chi connectivity index (χ2v) is 5.81. The molecule has 3 aromatic rings. The lowest BCUT2D eigenvalue weighted by Gasteiger charge is -2.15. The number of nitrogens with zero attached hydrogens (tertiary/aromatic N) is 2. The summed E-state index contributed by atoms with van der Waals surface area (Å²) in [4.78, 5) is 8.92. The van der Waals surface area contributed by atoms with E-state index in [4.69, 9.17) is 9.41 Å². The maximum atomic E-state index is 6.01. The lowest BCUT2D eigenvalue weighted by atomic mass is 9.96. The Morgan fingerprint density at radius 1 is 0.920 bits per heavy atom. The first-order valence-corrected chi connectivity index (χ1v) is 8.21. The number of pyridine rings is 1. The third-order valence-electron chi connectivity index (χ3n) is 4.11.